The Kier molecular flexibility index (Phi) is 6.73. The maximum Gasteiger partial charge on any atom is 0.138 e. The number of aliphatic hydroxyl groups is 1. The summed E-state index contributed by atoms with van der Waals surface area (Å²) < 4.78 is 24.7. The van der Waals surface area contributed by atoms with Gasteiger partial charge in [0.15, 0.2) is 0 Å². The molecule has 140 valence electrons. The second-order valence-corrected chi connectivity index (χ2v) is 7.06. The Morgan fingerprint density at radius 3 is 2.88 bits per heavy atom. The van der Waals surface area contributed by atoms with Crippen molar-refractivity contribution >= 4 is 23.2 Å². The van der Waals surface area contributed by atoms with Gasteiger partial charge in [0.1, 0.15) is 24.3 Å². The van der Waals surface area contributed by atoms with Crippen LogP contribution in [0.15, 0.2) is 42.5 Å². The standard InChI is InChI=1S/C19H20Cl2FNO3/c20-14-4-5-18(17(21)9-14)26-12-16(24)10-23-6-7-25-19(11-23)13-2-1-3-15(22)8-13/h1-5,8-9,16,19,24H,6-7,10-12H2. The average Bonchev–Trinajstić information content (AvgIpc) is 2.61. The first-order valence-electron chi connectivity index (χ1n) is 8.36. The summed E-state index contributed by atoms with van der Waals surface area (Å²) in [7, 11) is 0. The van der Waals surface area contributed by atoms with Crippen LogP contribution in [-0.4, -0.2) is 49.0 Å². The van der Waals surface area contributed by atoms with E-state index in [0.717, 1.165) is 5.56 Å². The molecule has 1 aliphatic heterocycles. The molecule has 0 radical (unpaired) electrons. The second-order valence-electron chi connectivity index (χ2n) is 6.21. The molecule has 0 bridgehead atoms. The molecule has 1 N–H and O–H groups in total. The van der Waals surface area contributed by atoms with Gasteiger partial charge < -0.3 is 14.6 Å². The van der Waals surface area contributed by atoms with Gasteiger partial charge in [-0.15, -0.1) is 0 Å². The average molecular weight is 400 g/mol. The van der Waals surface area contributed by atoms with Crippen molar-refractivity contribution in [3.63, 3.8) is 0 Å². The summed E-state index contributed by atoms with van der Waals surface area (Å²) in [4.78, 5) is 2.08. The third-order valence-electron chi connectivity index (χ3n) is 4.17. The zero-order chi connectivity index (χ0) is 18.5. The first-order chi connectivity index (χ1) is 12.5. The summed E-state index contributed by atoms with van der Waals surface area (Å²) in [5, 5.41) is 11.2. The van der Waals surface area contributed by atoms with Gasteiger partial charge >= 0.3 is 0 Å². The van der Waals surface area contributed by atoms with Crippen molar-refractivity contribution < 1.29 is 19.0 Å². The maximum atomic E-state index is 13.4. The van der Waals surface area contributed by atoms with Gasteiger partial charge in [-0.3, -0.25) is 4.90 Å². The van der Waals surface area contributed by atoms with Crippen molar-refractivity contribution in [1.82, 2.24) is 4.90 Å². The summed E-state index contributed by atoms with van der Waals surface area (Å²) in [6, 6.07) is 11.4. The molecule has 2 atom stereocenters. The Bertz CT molecular complexity index is 746. The van der Waals surface area contributed by atoms with E-state index >= 15 is 0 Å². The third kappa shape index (κ3) is 5.32. The predicted octanol–water partition coefficient (Wildman–Crippen LogP) is 3.95. The number of hydrogen-bond donors (Lipinski definition) is 1. The van der Waals surface area contributed by atoms with Crippen LogP contribution < -0.4 is 4.74 Å². The topological polar surface area (TPSA) is 41.9 Å². The lowest BCUT2D eigenvalue weighted by Crippen LogP contribution is -2.43. The van der Waals surface area contributed by atoms with Gasteiger partial charge in [0, 0.05) is 24.7 Å². The van der Waals surface area contributed by atoms with Gasteiger partial charge in [-0.2, -0.15) is 0 Å². The number of rotatable bonds is 6. The van der Waals surface area contributed by atoms with Crippen LogP contribution in [0.2, 0.25) is 10.0 Å². The zero-order valence-electron chi connectivity index (χ0n) is 14.1. The van der Waals surface area contributed by atoms with E-state index in [1.54, 1.807) is 24.3 Å². The normalized spacial score (nSPS) is 19.3. The fraction of sp³-hybridized carbons (Fsp3) is 0.368. The van der Waals surface area contributed by atoms with Crippen molar-refractivity contribution in [1.29, 1.82) is 0 Å². The molecule has 0 aromatic heterocycles. The molecule has 1 fully saturated rings. The largest absolute Gasteiger partial charge is 0.489 e. The minimum Gasteiger partial charge on any atom is -0.489 e. The van der Waals surface area contributed by atoms with Gasteiger partial charge in [-0.1, -0.05) is 35.3 Å². The van der Waals surface area contributed by atoms with Gasteiger partial charge in [-0.05, 0) is 35.9 Å². The number of ether oxygens (including phenoxy) is 2. The molecule has 26 heavy (non-hydrogen) atoms. The number of benzene rings is 2. The van der Waals surface area contributed by atoms with Crippen molar-refractivity contribution in [3.05, 3.63) is 63.9 Å². The lowest BCUT2D eigenvalue weighted by atomic mass is 10.1. The lowest BCUT2D eigenvalue weighted by Gasteiger charge is -2.34. The van der Waals surface area contributed by atoms with E-state index in [1.165, 1.54) is 12.1 Å². The number of aliphatic hydroxyl groups excluding tert-OH is 1. The van der Waals surface area contributed by atoms with E-state index in [2.05, 4.69) is 4.90 Å². The number of morpholine rings is 1. The summed E-state index contributed by atoms with van der Waals surface area (Å²) in [5.74, 6) is 0.200. The Morgan fingerprint density at radius 2 is 2.12 bits per heavy atom. The Labute approximate surface area is 162 Å². The van der Waals surface area contributed by atoms with Crippen LogP contribution in [0.3, 0.4) is 0 Å². The van der Waals surface area contributed by atoms with Crippen LogP contribution in [0, 0.1) is 5.82 Å². The van der Waals surface area contributed by atoms with E-state index in [-0.39, 0.29) is 18.5 Å². The smallest absolute Gasteiger partial charge is 0.138 e. The minimum atomic E-state index is -0.687. The first kappa shape index (κ1) is 19.4. The SMILES string of the molecule is OC(COc1ccc(Cl)cc1Cl)CN1CCOC(c2cccc(F)c2)C1. The van der Waals surface area contributed by atoms with Crippen LogP contribution >= 0.6 is 23.2 Å². The van der Waals surface area contributed by atoms with E-state index < -0.39 is 6.10 Å². The molecule has 0 aliphatic carbocycles. The van der Waals surface area contributed by atoms with Crippen molar-refractivity contribution in [2.45, 2.75) is 12.2 Å². The van der Waals surface area contributed by atoms with E-state index in [4.69, 9.17) is 32.7 Å². The quantitative estimate of drug-likeness (QED) is 0.798. The van der Waals surface area contributed by atoms with Gasteiger partial charge in [0.05, 0.1) is 17.7 Å². The van der Waals surface area contributed by atoms with E-state index in [0.29, 0.717) is 42.0 Å². The molecule has 1 saturated heterocycles. The molecule has 1 heterocycles. The number of β-amino-alcohol motifs (C(OH)–C–C–N with tert-alkyl or cyclic N) is 1. The highest BCUT2D eigenvalue weighted by molar-refractivity contribution is 6.35. The highest BCUT2D eigenvalue weighted by atomic mass is 35.5. The second kappa shape index (κ2) is 9.02. The molecule has 0 saturated carbocycles. The highest BCUT2D eigenvalue weighted by Gasteiger charge is 2.24. The molecule has 1 aliphatic rings. The molecular weight excluding hydrogens is 380 g/mol. The van der Waals surface area contributed by atoms with Gasteiger partial charge in [0.25, 0.3) is 0 Å². The molecule has 2 aromatic carbocycles. The minimum absolute atomic E-state index is 0.114. The highest BCUT2D eigenvalue weighted by Crippen LogP contribution is 2.28. The molecular formula is C19H20Cl2FNO3. The fourth-order valence-electron chi connectivity index (χ4n) is 2.91. The van der Waals surface area contributed by atoms with Crippen molar-refractivity contribution in [2.24, 2.45) is 0 Å². The Balaban J connectivity index is 1.51. The Hall–Kier alpha value is -1.37. The van der Waals surface area contributed by atoms with Crippen LogP contribution in [0.25, 0.3) is 0 Å². The monoisotopic (exact) mass is 399 g/mol. The number of nitrogens with zero attached hydrogens (tertiary/aromatic N) is 1. The summed E-state index contributed by atoms with van der Waals surface area (Å²) >= 11 is 11.9. The molecule has 7 heteroatoms. The maximum absolute atomic E-state index is 13.4. The van der Waals surface area contributed by atoms with Gasteiger partial charge in [-0.25, -0.2) is 4.39 Å². The molecule has 4 nitrogen and oxygen atoms in total. The summed E-state index contributed by atoms with van der Waals surface area (Å²) in [6.07, 6.45) is -0.897. The lowest BCUT2D eigenvalue weighted by molar-refractivity contribution is -0.0460. The molecule has 3 rings (SSSR count). The predicted molar refractivity (Wildman–Crippen MR) is 99.5 cm³/mol. The number of halogens is 3. The third-order valence-corrected chi connectivity index (χ3v) is 4.70. The molecule has 2 aromatic rings. The van der Waals surface area contributed by atoms with E-state index in [9.17, 15) is 9.50 Å². The zero-order valence-corrected chi connectivity index (χ0v) is 15.6. The van der Waals surface area contributed by atoms with Crippen LogP contribution in [0.4, 0.5) is 4.39 Å². The summed E-state index contributed by atoms with van der Waals surface area (Å²) in [5.41, 5.74) is 0.799. The van der Waals surface area contributed by atoms with Gasteiger partial charge in [0.2, 0.25) is 0 Å². The number of hydrogen-bond acceptors (Lipinski definition) is 4. The molecule has 2 unspecified atom stereocenters. The van der Waals surface area contributed by atoms with E-state index in [1.807, 2.05) is 6.07 Å². The van der Waals surface area contributed by atoms with Crippen molar-refractivity contribution in [2.75, 3.05) is 32.8 Å². The molecule has 0 amide bonds. The molecule has 0 spiro atoms. The fourth-order valence-corrected chi connectivity index (χ4v) is 3.37. The van der Waals surface area contributed by atoms with Crippen LogP contribution in [0.1, 0.15) is 11.7 Å². The summed E-state index contributed by atoms with van der Waals surface area (Å²) in [6.45, 7) is 2.36. The Morgan fingerprint density at radius 1 is 1.27 bits per heavy atom. The first-order valence-corrected chi connectivity index (χ1v) is 9.12. The van der Waals surface area contributed by atoms with Crippen LogP contribution in [-0.2, 0) is 4.74 Å². The van der Waals surface area contributed by atoms with Crippen molar-refractivity contribution in [3.8, 4) is 5.75 Å². The van der Waals surface area contributed by atoms with Crippen LogP contribution in [0.5, 0.6) is 5.75 Å².